The van der Waals surface area contributed by atoms with E-state index in [1.165, 1.54) is 25.7 Å². The first-order valence-corrected chi connectivity index (χ1v) is 10.3. The maximum atomic E-state index is 12.6. The second-order valence-corrected chi connectivity index (χ2v) is 7.86. The number of benzene rings is 2. The van der Waals surface area contributed by atoms with E-state index in [1.54, 1.807) is 4.90 Å². The number of anilines is 1. The minimum Gasteiger partial charge on any atom is -0.401 e. The molecule has 1 saturated carbocycles. The van der Waals surface area contributed by atoms with Gasteiger partial charge in [-0.25, -0.2) is 0 Å². The number of rotatable bonds is 4. The first-order valence-electron chi connectivity index (χ1n) is 9.41. The Labute approximate surface area is 165 Å². The highest BCUT2D eigenvalue weighted by Gasteiger charge is 2.27. The molecule has 2 aromatic carbocycles. The lowest BCUT2D eigenvalue weighted by Gasteiger charge is -2.17. The number of amides is 1. The van der Waals surface area contributed by atoms with Crippen LogP contribution < -0.4 is 15.8 Å². The predicted molar refractivity (Wildman–Crippen MR) is 114 cm³/mol. The maximum absolute atomic E-state index is 12.6. The van der Waals surface area contributed by atoms with Crippen molar-refractivity contribution in [1.82, 2.24) is 0 Å². The monoisotopic (exact) mass is 381 g/mol. The number of nitrogens with two attached hydrogens (primary N) is 2. The van der Waals surface area contributed by atoms with E-state index in [-0.39, 0.29) is 5.91 Å². The Morgan fingerprint density at radius 3 is 2.41 bits per heavy atom. The second kappa shape index (κ2) is 9.11. The average Bonchev–Trinajstić information content (AvgIpc) is 2.97. The van der Waals surface area contributed by atoms with Crippen LogP contribution in [0.3, 0.4) is 0 Å². The number of carbonyl (C=O) groups excluding carboxylic acids is 1. The molecule has 0 radical (unpaired) electrons. The number of fused-ring (bicyclic) bond motifs is 1. The molecule has 1 aliphatic carbocycles. The molecule has 0 aromatic heterocycles. The fraction of sp³-hybridized carbons (Fsp3) is 0.318. The van der Waals surface area contributed by atoms with Gasteiger partial charge in [-0.1, -0.05) is 68.0 Å². The largest absolute Gasteiger partial charge is 0.401 e. The third-order valence-corrected chi connectivity index (χ3v) is 5.68. The Hall–Kier alpha value is -2.24. The van der Waals surface area contributed by atoms with Crippen molar-refractivity contribution in [3.05, 3.63) is 75.8 Å². The fourth-order valence-electron chi connectivity index (χ4n) is 2.97. The van der Waals surface area contributed by atoms with Gasteiger partial charge in [-0.15, -0.1) is 0 Å². The molecule has 5 heteroatoms. The van der Waals surface area contributed by atoms with Gasteiger partial charge >= 0.3 is 0 Å². The molecule has 1 amide bonds. The van der Waals surface area contributed by atoms with E-state index in [0.29, 0.717) is 13.0 Å². The summed E-state index contributed by atoms with van der Waals surface area (Å²) >= 11 is 1.16. The Morgan fingerprint density at radius 1 is 1.07 bits per heavy atom. The molecular formula is C22H27N3OS. The summed E-state index contributed by atoms with van der Waals surface area (Å²) in [4.78, 5) is 15.3. The van der Waals surface area contributed by atoms with Gasteiger partial charge in [0.1, 0.15) is 0 Å². The van der Waals surface area contributed by atoms with Crippen LogP contribution in [0.2, 0.25) is 0 Å². The quantitative estimate of drug-likeness (QED) is 0.750. The number of carbonyl (C=O) groups is 1. The minimum atomic E-state index is 0.0509. The molecule has 27 heavy (non-hydrogen) atoms. The molecule has 2 aliphatic rings. The van der Waals surface area contributed by atoms with Crippen LogP contribution in [-0.4, -0.2) is 5.91 Å². The molecule has 0 spiro atoms. The second-order valence-electron chi connectivity index (χ2n) is 7.01. The fourth-order valence-corrected chi connectivity index (χ4v) is 3.19. The molecule has 1 fully saturated rings. The van der Waals surface area contributed by atoms with Crippen LogP contribution >= 0.6 is 11.9 Å². The lowest BCUT2D eigenvalue weighted by molar-refractivity contribution is 0.0996. The van der Waals surface area contributed by atoms with Gasteiger partial charge in [0.05, 0.1) is 6.54 Å². The van der Waals surface area contributed by atoms with E-state index in [0.717, 1.165) is 44.9 Å². The van der Waals surface area contributed by atoms with Crippen LogP contribution in [0.15, 0.2) is 59.1 Å². The first kappa shape index (κ1) is 19.5. The molecule has 0 atom stereocenters. The molecule has 1 aliphatic heterocycles. The van der Waals surface area contributed by atoms with Gasteiger partial charge in [0, 0.05) is 28.3 Å². The summed E-state index contributed by atoms with van der Waals surface area (Å²) in [6.07, 6.45) is 6.62. The van der Waals surface area contributed by atoms with E-state index in [1.807, 2.05) is 55.5 Å². The first-order chi connectivity index (χ1) is 13.1. The number of nitrogens with zero attached hydrogens (tertiary/aromatic N) is 1. The van der Waals surface area contributed by atoms with Crippen LogP contribution in [0.5, 0.6) is 0 Å². The number of hydrogen-bond donors (Lipinski definition) is 2. The van der Waals surface area contributed by atoms with E-state index >= 15 is 0 Å². The summed E-state index contributed by atoms with van der Waals surface area (Å²) < 4.78 is 0. The summed E-state index contributed by atoms with van der Waals surface area (Å²) in [6, 6.07) is 15.7. The molecule has 1 heterocycles. The van der Waals surface area contributed by atoms with Gasteiger partial charge in [0.2, 0.25) is 0 Å². The van der Waals surface area contributed by atoms with Crippen LogP contribution in [0.25, 0.3) is 0 Å². The molecule has 2 aromatic rings. The molecular weight excluding hydrogens is 354 g/mol. The minimum absolute atomic E-state index is 0.0509. The van der Waals surface area contributed by atoms with Crippen LogP contribution in [0.4, 0.5) is 5.69 Å². The van der Waals surface area contributed by atoms with Gasteiger partial charge in [0.25, 0.3) is 5.91 Å². The van der Waals surface area contributed by atoms with E-state index in [2.05, 4.69) is 0 Å². The topological polar surface area (TPSA) is 72.3 Å². The molecule has 0 bridgehead atoms. The van der Waals surface area contributed by atoms with Crippen molar-refractivity contribution >= 4 is 23.5 Å². The summed E-state index contributed by atoms with van der Waals surface area (Å²) in [5.41, 5.74) is 10.6. The summed E-state index contributed by atoms with van der Waals surface area (Å²) in [5, 5.41) is 5.55. The normalized spacial score (nSPS) is 16.1. The zero-order valence-electron chi connectivity index (χ0n) is 15.8. The summed E-state index contributed by atoms with van der Waals surface area (Å²) in [7, 11) is 0. The van der Waals surface area contributed by atoms with Gasteiger partial charge in [-0.05, 0) is 36.2 Å². The predicted octanol–water partition coefficient (Wildman–Crippen LogP) is 4.75. The van der Waals surface area contributed by atoms with Crippen molar-refractivity contribution in [2.24, 2.45) is 10.9 Å². The Kier molecular flexibility index (Phi) is 6.58. The van der Waals surface area contributed by atoms with Crippen LogP contribution in [-0.2, 0) is 13.0 Å². The molecule has 0 saturated heterocycles. The highest BCUT2D eigenvalue weighted by molar-refractivity contribution is 8.00. The van der Waals surface area contributed by atoms with Crippen molar-refractivity contribution in [1.29, 1.82) is 0 Å². The Morgan fingerprint density at radius 2 is 1.78 bits per heavy atom. The lowest BCUT2D eigenvalue weighted by Crippen LogP contribution is -2.23. The van der Waals surface area contributed by atoms with E-state index in [4.69, 9.17) is 10.9 Å². The standard InChI is InChI=1S/C18H19N3OS.C4H8/c1-12(23-20)17(19)10-13-5-4-7-15(9-13)21-11-14-6-2-3-8-16(14)18(21)22;1-2-4-3-1/h2-9H,10-11,19-20H2,1H3;1-4H2/b17-12-;. The SMILES string of the molecule is C/C(SN)=C(/N)Cc1cccc(N2Cc3ccccc3C2=O)c1.C1CCC1. The average molecular weight is 382 g/mol. The zero-order chi connectivity index (χ0) is 19.2. The Bertz CT molecular complexity index is 839. The van der Waals surface area contributed by atoms with Gasteiger partial charge in [0.15, 0.2) is 0 Å². The van der Waals surface area contributed by atoms with E-state index in [9.17, 15) is 4.79 Å². The van der Waals surface area contributed by atoms with Crippen molar-refractivity contribution < 1.29 is 4.79 Å². The lowest BCUT2D eigenvalue weighted by atomic mass is 10.0. The van der Waals surface area contributed by atoms with Gasteiger partial charge < -0.3 is 10.6 Å². The molecule has 4 nitrogen and oxygen atoms in total. The number of allylic oxidation sites excluding steroid dienone is 2. The van der Waals surface area contributed by atoms with Crippen LogP contribution in [0.1, 0.15) is 54.1 Å². The van der Waals surface area contributed by atoms with Crippen molar-refractivity contribution in [3.8, 4) is 0 Å². The highest BCUT2D eigenvalue weighted by atomic mass is 32.2. The van der Waals surface area contributed by atoms with E-state index < -0.39 is 0 Å². The summed E-state index contributed by atoms with van der Waals surface area (Å²) in [6.45, 7) is 2.52. The molecule has 4 N–H and O–H groups in total. The van der Waals surface area contributed by atoms with Crippen molar-refractivity contribution in [2.75, 3.05) is 4.90 Å². The van der Waals surface area contributed by atoms with Crippen molar-refractivity contribution in [2.45, 2.75) is 45.6 Å². The molecule has 4 rings (SSSR count). The number of hydrogen-bond acceptors (Lipinski definition) is 4. The smallest absolute Gasteiger partial charge is 0.258 e. The van der Waals surface area contributed by atoms with Crippen molar-refractivity contribution in [3.63, 3.8) is 0 Å². The van der Waals surface area contributed by atoms with Crippen LogP contribution in [0, 0.1) is 0 Å². The third-order valence-electron chi connectivity index (χ3n) is 5.07. The van der Waals surface area contributed by atoms with Gasteiger partial charge in [-0.2, -0.15) is 0 Å². The highest BCUT2D eigenvalue weighted by Crippen LogP contribution is 2.29. The zero-order valence-corrected chi connectivity index (χ0v) is 16.6. The third kappa shape index (κ3) is 4.73. The Balaban J connectivity index is 0.000000466. The molecule has 142 valence electrons. The molecule has 0 unspecified atom stereocenters. The summed E-state index contributed by atoms with van der Waals surface area (Å²) in [5.74, 6) is 0.0509. The maximum Gasteiger partial charge on any atom is 0.258 e. The van der Waals surface area contributed by atoms with Gasteiger partial charge in [-0.3, -0.25) is 9.93 Å².